The average molecular weight is 244 g/mol. The average Bonchev–Trinajstić information content (AvgIpc) is 2.39. The van der Waals surface area contributed by atoms with Crippen molar-refractivity contribution in [3.63, 3.8) is 0 Å². The number of hydrogen-bond acceptors (Lipinski definition) is 1. The fourth-order valence-electron chi connectivity index (χ4n) is 3.10. The minimum absolute atomic E-state index is 0.177. The van der Waals surface area contributed by atoms with Gasteiger partial charge in [0.25, 0.3) is 0 Å². The van der Waals surface area contributed by atoms with Crippen LogP contribution in [0, 0.1) is 5.92 Å². The summed E-state index contributed by atoms with van der Waals surface area (Å²) in [5, 5.41) is 0. The molecular weight excluding hydrogens is 220 g/mol. The molecular formula is C17H24O. The molecule has 1 atom stereocenters. The van der Waals surface area contributed by atoms with Gasteiger partial charge in [-0.1, -0.05) is 50.6 Å². The zero-order valence-electron chi connectivity index (χ0n) is 11.6. The minimum atomic E-state index is -0.177. The molecule has 0 amide bonds. The molecule has 1 aromatic carbocycles. The maximum Gasteiger partial charge on any atom is 0.143 e. The van der Waals surface area contributed by atoms with Crippen molar-refractivity contribution in [3.8, 4) is 0 Å². The molecule has 0 bridgehead atoms. The molecule has 18 heavy (non-hydrogen) atoms. The van der Waals surface area contributed by atoms with E-state index in [1.165, 1.54) is 12.0 Å². The van der Waals surface area contributed by atoms with Crippen LogP contribution < -0.4 is 0 Å². The third kappa shape index (κ3) is 2.66. The quantitative estimate of drug-likeness (QED) is 0.762. The van der Waals surface area contributed by atoms with E-state index in [0.717, 1.165) is 32.1 Å². The molecule has 0 aliphatic heterocycles. The summed E-state index contributed by atoms with van der Waals surface area (Å²) in [7, 11) is 0. The Morgan fingerprint density at radius 2 is 1.89 bits per heavy atom. The lowest BCUT2D eigenvalue weighted by Crippen LogP contribution is -2.38. The van der Waals surface area contributed by atoms with Gasteiger partial charge in [-0.25, -0.2) is 0 Å². The molecule has 0 aromatic heterocycles. The van der Waals surface area contributed by atoms with E-state index in [0.29, 0.717) is 11.7 Å². The Hall–Kier alpha value is -1.11. The van der Waals surface area contributed by atoms with Gasteiger partial charge in [-0.2, -0.15) is 0 Å². The third-order valence-corrected chi connectivity index (χ3v) is 4.27. The molecule has 0 heterocycles. The highest BCUT2D eigenvalue weighted by Crippen LogP contribution is 2.41. The van der Waals surface area contributed by atoms with Crippen LogP contribution in [0.4, 0.5) is 0 Å². The van der Waals surface area contributed by atoms with Gasteiger partial charge in [-0.05, 0) is 37.2 Å². The Balaban J connectivity index is 2.30. The van der Waals surface area contributed by atoms with E-state index < -0.39 is 0 Å². The molecule has 0 spiro atoms. The molecule has 98 valence electrons. The van der Waals surface area contributed by atoms with Crippen molar-refractivity contribution in [2.75, 3.05) is 0 Å². The smallest absolute Gasteiger partial charge is 0.143 e. The van der Waals surface area contributed by atoms with E-state index in [4.69, 9.17) is 0 Å². The summed E-state index contributed by atoms with van der Waals surface area (Å²) in [6.07, 6.45) is 6.25. The first-order valence-corrected chi connectivity index (χ1v) is 7.24. The standard InChI is InChI=1S/C17H24O/c1-14(2)11-13-17(12-7-6-10-16(17)18)15-8-4-3-5-9-15/h3-5,8-9,14H,6-7,10-13H2,1-2H3. The van der Waals surface area contributed by atoms with Gasteiger partial charge in [0, 0.05) is 6.42 Å². The SMILES string of the molecule is CC(C)CCC1(c2ccccc2)CCCCC1=O. The lowest BCUT2D eigenvalue weighted by Gasteiger charge is -2.37. The molecule has 2 rings (SSSR count). The van der Waals surface area contributed by atoms with Gasteiger partial charge in [0.15, 0.2) is 0 Å². The van der Waals surface area contributed by atoms with Crippen LogP contribution >= 0.6 is 0 Å². The molecule has 1 aliphatic rings. The zero-order chi connectivity index (χ0) is 13.0. The number of rotatable bonds is 4. The summed E-state index contributed by atoms with van der Waals surface area (Å²) in [5.74, 6) is 1.14. The van der Waals surface area contributed by atoms with Crippen LogP contribution in [-0.2, 0) is 10.2 Å². The van der Waals surface area contributed by atoms with E-state index in [2.05, 4.69) is 38.1 Å². The predicted octanol–water partition coefficient (Wildman–Crippen LogP) is 4.50. The summed E-state index contributed by atoms with van der Waals surface area (Å²) in [6.45, 7) is 4.48. The van der Waals surface area contributed by atoms with Crippen molar-refractivity contribution in [2.24, 2.45) is 5.92 Å². The molecule has 0 radical (unpaired) electrons. The van der Waals surface area contributed by atoms with Gasteiger partial charge < -0.3 is 0 Å². The maximum absolute atomic E-state index is 12.5. The molecule has 1 aliphatic carbocycles. The first-order valence-electron chi connectivity index (χ1n) is 7.24. The van der Waals surface area contributed by atoms with Crippen LogP contribution in [0.2, 0.25) is 0 Å². The summed E-state index contributed by atoms with van der Waals surface area (Å²) < 4.78 is 0. The highest BCUT2D eigenvalue weighted by atomic mass is 16.1. The first-order chi connectivity index (χ1) is 8.65. The largest absolute Gasteiger partial charge is 0.299 e. The summed E-state index contributed by atoms with van der Waals surface area (Å²) in [4.78, 5) is 12.5. The Morgan fingerprint density at radius 3 is 2.50 bits per heavy atom. The van der Waals surface area contributed by atoms with E-state index >= 15 is 0 Å². The van der Waals surface area contributed by atoms with Crippen LogP contribution in [0.15, 0.2) is 30.3 Å². The number of carbonyl (C=O) groups is 1. The van der Waals surface area contributed by atoms with Gasteiger partial charge >= 0.3 is 0 Å². The van der Waals surface area contributed by atoms with E-state index in [-0.39, 0.29) is 5.41 Å². The fourth-order valence-corrected chi connectivity index (χ4v) is 3.10. The lowest BCUT2D eigenvalue weighted by atomic mass is 9.65. The number of ketones is 1. The highest BCUT2D eigenvalue weighted by molar-refractivity contribution is 5.90. The topological polar surface area (TPSA) is 17.1 Å². The molecule has 1 aromatic rings. The molecule has 1 fully saturated rings. The van der Waals surface area contributed by atoms with E-state index in [9.17, 15) is 4.79 Å². The Labute approximate surface area is 111 Å². The van der Waals surface area contributed by atoms with E-state index in [1.54, 1.807) is 0 Å². The number of carbonyl (C=O) groups excluding carboxylic acids is 1. The van der Waals surface area contributed by atoms with Gasteiger partial charge in [0.2, 0.25) is 0 Å². The van der Waals surface area contributed by atoms with Crippen LogP contribution in [-0.4, -0.2) is 5.78 Å². The second-order valence-corrected chi connectivity index (χ2v) is 6.01. The summed E-state index contributed by atoms with van der Waals surface area (Å²) in [6, 6.07) is 10.4. The normalized spacial score (nSPS) is 24.5. The third-order valence-electron chi connectivity index (χ3n) is 4.27. The maximum atomic E-state index is 12.5. The molecule has 0 N–H and O–H groups in total. The Morgan fingerprint density at radius 1 is 1.17 bits per heavy atom. The number of Topliss-reactive ketones (excluding diaryl/α,β-unsaturated/α-hetero) is 1. The highest BCUT2D eigenvalue weighted by Gasteiger charge is 2.40. The predicted molar refractivity (Wildman–Crippen MR) is 75.7 cm³/mol. The van der Waals surface area contributed by atoms with Gasteiger partial charge in [0.05, 0.1) is 5.41 Å². The minimum Gasteiger partial charge on any atom is -0.299 e. The van der Waals surface area contributed by atoms with Crippen LogP contribution in [0.3, 0.4) is 0 Å². The fraction of sp³-hybridized carbons (Fsp3) is 0.588. The zero-order valence-corrected chi connectivity index (χ0v) is 11.6. The second kappa shape index (κ2) is 5.69. The lowest BCUT2D eigenvalue weighted by molar-refractivity contribution is -0.127. The van der Waals surface area contributed by atoms with Crippen molar-refractivity contribution in [2.45, 2.75) is 57.8 Å². The Bertz CT molecular complexity index is 393. The second-order valence-electron chi connectivity index (χ2n) is 6.01. The summed E-state index contributed by atoms with van der Waals surface area (Å²) >= 11 is 0. The van der Waals surface area contributed by atoms with Crippen LogP contribution in [0.5, 0.6) is 0 Å². The van der Waals surface area contributed by atoms with Crippen molar-refractivity contribution in [3.05, 3.63) is 35.9 Å². The molecule has 1 heteroatoms. The molecule has 0 saturated heterocycles. The molecule has 1 unspecified atom stereocenters. The van der Waals surface area contributed by atoms with Gasteiger partial charge in [-0.3, -0.25) is 4.79 Å². The van der Waals surface area contributed by atoms with Crippen molar-refractivity contribution < 1.29 is 4.79 Å². The van der Waals surface area contributed by atoms with Gasteiger partial charge in [0.1, 0.15) is 5.78 Å². The van der Waals surface area contributed by atoms with Crippen molar-refractivity contribution >= 4 is 5.78 Å². The number of benzene rings is 1. The van der Waals surface area contributed by atoms with Crippen molar-refractivity contribution in [1.82, 2.24) is 0 Å². The first kappa shape index (κ1) is 13.3. The summed E-state index contributed by atoms with van der Waals surface area (Å²) in [5.41, 5.74) is 1.07. The monoisotopic (exact) mass is 244 g/mol. The molecule has 1 nitrogen and oxygen atoms in total. The van der Waals surface area contributed by atoms with E-state index in [1.807, 2.05) is 6.07 Å². The number of hydrogen-bond donors (Lipinski definition) is 0. The van der Waals surface area contributed by atoms with Gasteiger partial charge in [-0.15, -0.1) is 0 Å². The van der Waals surface area contributed by atoms with Crippen LogP contribution in [0.25, 0.3) is 0 Å². The Kier molecular flexibility index (Phi) is 4.21. The molecule has 1 saturated carbocycles. The van der Waals surface area contributed by atoms with Crippen molar-refractivity contribution in [1.29, 1.82) is 0 Å². The van der Waals surface area contributed by atoms with Crippen LogP contribution in [0.1, 0.15) is 57.9 Å².